The number of fused-ring (bicyclic) bond motifs is 1. The van der Waals surface area contributed by atoms with E-state index in [1.807, 2.05) is 42.1 Å². The van der Waals surface area contributed by atoms with Gasteiger partial charge in [-0.3, -0.25) is 4.79 Å². The average Bonchev–Trinajstić information content (AvgIpc) is 2.88. The number of benzene rings is 1. The zero-order chi connectivity index (χ0) is 19.6. The lowest BCUT2D eigenvalue weighted by Crippen LogP contribution is -2.48. The van der Waals surface area contributed by atoms with Crippen LogP contribution >= 0.6 is 15.9 Å². The number of amides is 1. The van der Waals surface area contributed by atoms with Gasteiger partial charge in [-0.25, -0.2) is 4.98 Å². The number of hydrogen-bond donors (Lipinski definition) is 1. The molecule has 0 saturated carbocycles. The molecule has 1 aromatic carbocycles. The van der Waals surface area contributed by atoms with Gasteiger partial charge in [0.1, 0.15) is 5.65 Å². The second-order valence-electron chi connectivity index (χ2n) is 7.96. The Morgan fingerprint density at radius 3 is 2.67 bits per heavy atom. The number of rotatable bonds is 6. The van der Waals surface area contributed by atoms with Crippen molar-refractivity contribution >= 4 is 32.9 Å². The van der Waals surface area contributed by atoms with Crippen molar-refractivity contribution in [3.63, 3.8) is 0 Å². The lowest BCUT2D eigenvalue weighted by atomic mass is 9.84. The smallest absolute Gasteiger partial charge is 0.253 e. The van der Waals surface area contributed by atoms with E-state index in [0.717, 1.165) is 28.3 Å². The Bertz CT molecular complexity index is 949. The first kappa shape index (κ1) is 19.6. The molecular weight excluding hydrogens is 402 g/mol. The van der Waals surface area contributed by atoms with Gasteiger partial charge >= 0.3 is 0 Å². The second-order valence-corrected chi connectivity index (χ2v) is 8.81. The maximum atomic E-state index is 13.0. The standard InChI is InChI=1S/C22H26BrN3O/c1-15(2)11-22(3,12-16-8-6-5-7-9-16)25-21(27)17-10-18-19(23)14-26(4)20(18)24-13-17/h5-10,13-15H,11-12H2,1-4H3,(H,25,27). The molecule has 0 aliphatic heterocycles. The van der Waals surface area contributed by atoms with E-state index >= 15 is 0 Å². The second kappa shape index (κ2) is 7.85. The third-order valence-electron chi connectivity index (χ3n) is 4.74. The average molecular weight is 428 g/mol. The molecule has 0 spiro atoms. The Morgan fingerprint density at radius 1 is 1.30 bits per heavy atom. The van der Waals surface area contributed by atoms with Gasteiger partial charge in [-0.15, -0.1) is 0 Å². The maximum absolute atomic E-state index is 13.0. The van der Waals surface area contributed by atoms with Crippen LogP contribution in [0.1, 0.15) is 43.1 Å². The number of nitrogens with zero attached hydrogens (tertiary/aromatic N) is 2. The number of pyridine rings is 1. The Hall–Kier alpha value is -2.14. The van der Waals surface area contributed by atoms with E-state index in [1.54, 1.807) is 6.20 Å². The number of halogens is 1. The fourth-order valence-corrected chi connectivity index (χ4v) is 4.40. The van der Waals surface area contributed by atoms with Crippen molar-refractivity contribution < 1.29 is 4.79 Å². The number of hydrogen-bond acceptors (Lipinski definition) is 2. The van der Waals surface area contributed by atoms with Crippen LogP contribution < -0.4 is 5.32 Å². The van der Waals surface area contributed by atoms with Crippen molar-refractivity contribution in [2.24, 2.45) is 13.0 Å². The summed E-state index contributed by atoms with van der Waals surface area (Å²) in [7, 11) is 1.94. The van der Waals surface area contributed by atoms with Crippen molar-refractivity contribution in [1.29, 1.82) is 0 Å². The van der Waals surface area contributed by atoms with E-state index < -0.39 is 0 Å². The van der Waals surface area contributed by atoms with Crippen LogP contribution in [0.4, 0.5) is 0 Å². The molecule has 5 heteroatoms. The van der Waals surface area contributed by atoms with Crippen molar-refractivity contribution in [3.05, 3.63) is 64.4 Å². The zero-order valence-corrected chi connectivity index (χ0v) is 17.9. The minimum Gasteiger partial charge on any atom is -0.346 e. The molecular formula is C22H26BrN3O. The maximum Gasteiger partial charge on any atom is 0.253 e. The predicted molar refractivity (Wildman–Crippen MR) is 114 cm³/mol. The third kappa shape index (κ3) is 4.59. The molecule has 2 heterocycles. The molecule has 1 amide bonds. The van der Waals surface area contributed by atoms with Crippen molar-refractivity contribution in [3.8, 4) is 0 Å². The minimum absolute atomic E-state index is 0.0840. The fourth-order valence-electron chi connectivity index (χ4n) is 3.80. The summed E-state index contributed by atoms with van der Waals surface area (Å²) in [5, 5.41) is 4.22. The van der Waals surface area contributed by atoms with Crippen LogP contribution in [0.15, 0.2) is 53.3 Å². The number of aryl methyl sites for hydroxylation is 1. The molecule has 0 aliphatic rings. The van der Waals surface area contributed by atoms with Gasteiger partial charge in [0.05, 0.1) is 5.56 Å². The van der Waals surface area contributed by atoms with Crippen LogP contribution in [0, 0.1) is 5.92 Å². The van der Waals surface area contributed by atoms with Gasteiger partial charge in [0.15, 0.2) is 0 Å². The lowest BCUT2D eigenvalue weighted by molar-refractivity contribution is 0.0894. The summed E-state index contributed by atoms with van der Waals surface area (Å²) in [6.07, 6.45) is 5.31. The Morgan fingerprint density at radius 2 is 2.00 bits per heavy atom. The van der Waals surface area contributed by atoms with E-state index in [4.69, 9.17) is 0 Å². The molecule has 0 radical (unpaired) electrons. The number of aromatic nitrogens is 2. The Labute approximate surface area is 169 Å². The number of carbonyl (C=O) groups is 1. The molecule has 27 heavy (non-hydrogen) atoms. The summed E-state index contributed by atoms with van der Waals surface area (Å²) >= 11 is 3.55. The molecule has 0 bridgehead atoms. The van der Waals surface area contributed by atoms with Crippen molar-refractivity contribution in [2.45, 2.75) is 39.2 Å². The van der Waals surface area contributed by atoms with Crippen LogP contribution in [0.2, 0.25) is 0 Å². The molecule has 3 rings (SSSR count). The minimum atomic E-state index is -0.324. The number of nitrogens with one attached hydrogen (secondary N) is 1. The van der Waals surface area contributed by atoms with E-state index in [0.29, 0.717) is 11.5 Å². The first-order valence-corrected chi connectivity index (χ1v) is 10.0. The Kier molecular flexibility index (Phi) is 5.70. The first-order valence-electron chi connectivity index (χ1n) is 9.24. The van der Waals surface area contributed by atoms with Crippen LogP contribution in [-0.4, -0.2) is 21.0 Å². The molecule has 0 saturated heterocycles. The van der Waals surface area contributed by atoms with E-state index in [1.165, 1.54) is 5.56 Å². The van der Waals surface area contributed by atoms with Gasteiger partial charge in [0.25, 0.3) is 5.91 Å². The molecule has 1 unspecified atom stereocenters. The van der Waals surface area contributed by atoms with E-state index in [-0.39, 0.29) is 11.4 Å². The normalized spacial score (nSPS) is 13.7. The highest BCUT2D eigenvalue weighted by Gasteiger charge is 2.28. The van der Waals surface area contributed by atoms with Gasteiger partial charge in [0, 0.05) is 34.8 Å². The van der Waals surface area contributed by atoms with Gasteiger partial charge < -0.3 is 9.88 Å². The largest absolute Gasteiger partial charge is 0.346 e. The first-order chi connectivity index (χ1) is 12.8. The summed E-state index contributed by atoms with van der Waals surface area (Å²) < 4.78 is 2.88. The summed E-state index contributed by atoms with van der Waals surface area (Å²) in [4.78, 5) is 17.5. The van der Waals surface area contributed by atoms with Gasteiger partial charge in [-0.1, -0.05) is 44.2 Å². The highest BCUT2D eigenvalue weighted by Crippen LogP contribution is 2.26. The highest BCUT2D eigenvalue weighted by molar-refractivity contribution is 9.10. The van der Waals surface area contributed by atoms with Crippen molar-refractivity contribution in [1.82, 2.24) is 14.9 Å². The molecule has 142 valence electrons. The van der Waals surface area contributed by atoms with E-state index in [9.17, 15) is 4.79 Å². The van der Waals surface area contributed by atoms with Crippen LogP contribution in [0.5, 0.6) is 0 Å². The summed E-state index contributed by atoms with van der Waals surface area (Å²) in [5.41, 5.74) is 2.33. The van der Waals surface area contributed by atoms with Crippen LogP contribution in [-0.2, 0) is 13.5 Å². The molecule has 2 aromatic heterocycles. The summed E-state index contributed by atoms with van der Waals surface area (Å²) in [5.74, 6) is 0.391. The fraction of sp³-hybridized carbons (Fsp3) is 0.364. The Balaban J connectivity index is 1.86. The van der Waals surface area contributed by atoms with Gasteiger partial charge in [-0.05, 0) is 53.2 Å². The van der Waals surface area contributed by atoms with Crippen LogP contribution in [0.25, 0.3) is 11.0 Å². The molecule has 0 fully saturated rings. The topological polar surface area (TPSA) is 46.9 Å². The quantitative estimate of drug-likeness (QED) is 0.593. The van der Waals surface area contributed by atoms with Gasteiger partial charge in [-0.2, -0.15) is 0 Å². The molecule has 4 nitrogen and oxygen atoms in total. The van der Waals surface area contributed by atoms with Gasteiger partial charge in [0.2, 0.25) is 0 Å². The molecule has 3 aromatic rings. The monoisotopic (exact) mass is 427 g/mol. The van der Waals surface area contributed by atoms with Crippen molar-refractivity contribution in [2.75, 3.05) is 0 Å². The molecule has 1 N–H and O–H groups in total. The molecule has 1 atom stereocenters. The number of carbonyl (C=O) groups excluding carboxylic acids is 1. The summed E-state index contributed by atoms with van der Waals surface area (Å²) in [6.45, 7) is 6.50. The highest BCUT2D eigenvalue weighted by atomic mass is 79.9. The summed E-state index contributed by atoms with van der Waals surface area (Å²) in [6, 6.07) is 12.2. The predicted octanol–water partition coefficient (Wildman–Crippen LogP) is 5.11. The third-order valence-corrected chi connectivity index (χ3v) is 5.37. The van der Waals surface area contributed by atoms with Crippen LogP contribution in [0.3, 0.4) is 0 Å². The van der Waals surface area contributed by atoms with E-state index in [2.05, 4.69) is 59.1 Å². The SMILES string of the molecule is CC(C)CC(C)(Cc1ccccc1)NC(=O)c1cnc2c(c1)c(Br)cn2C. The lowest BCUT2D eigenvalue weighted by Gasteiger charge is -2.33. The molecule has 0 aliphatic carbocycles. The zero-order valence-electron chi connectivity index (χ0n) is 16.3.